The van der Waals surface area contributed by atoms with Crippen molar-refractivity contribution in [2.24, 2.45) is 0 Å². The topological polar surface area (TPSA) is 26.3 Å². The number of esters is 1. The molecule has 2 nitrogen and oxygen atoms in total. The highest BCUT2D eigenvalue weighted by molar-refractivity contribution is 6.21. The average molecular weight is 223 g/mol. The van der Waals surface area contributed by atoms with Crippen LogP contribution in [-0.4, -0.2) is 23.8 Å². The minimum atomic E-state index is -0.426. The van der Waals surface area contributed by atoms with Crippen molar-refractivity contribution < 1.29 is 9.53 Å². The van der Waals surface area contributed by atoms with Crippen molar-refractivity contribution in [3.63, 3.8) is 0 Å². The van der Waals surface area contributed by atoms with Crippen molar-refractivity contribution in [1.29, 1.82) is 0 Å². The van der Waals surface area contributed by atoms with Crippen LogP contribution in [0.1, 0.15) is 6.92 Å². The minimum absolute atomic E-state index is 0.215. The number of alkyl halides is 2. The molecule has 0 bridgehead atoms. The summed E-state index contributed by atoms with van der Waals surface area (Å²) in [5.74, 6) is 0.00347. The fraction of sp³-hybridized carbons (Fsp3) is 0.444. The summed E-state index contributed by atoms with van der Waals surface area (Å²) in [6, 6.07) is 0. The van der Waals surface area contributed by atoms with Crippen LogP contribution in [0.2, 0.25) is 0 Å². The highest BCUT2D eigenvalue weighted by Crippen LogP contribution is 1.99. The minimum Gasteiger partial charge on any atom is -0.457 e. The van der Waals surface area contributed by atoms with Crippen LogP contribution >= 0.6 is 23.2 Å². The molecule has 0 aliphatic carbocycles. The lowest BCUT2D eigenvalue weighted by molar-refractivity contribution is -0.141. The molecule has 0 aliphatic rings. The van der Waals surface area contributed by atoms with Gasteiger partial charge in [0.15, 0.2) is 0 Å². The average Bonchev–Trinajstić information content (AvgIpc) is 2.14. The molecule has 0 aromatic carbocycles. The summed E-state index contributed by atoms with van der Waals surface area (Å²) < 4.78 is 4.87. The Morgan fingerprint density at radius 3 is 2.46 bits per heavy atom. The zero-order valence-corrected chi connectivity index (χ0v) is 8.89. The van der Waals surface area contributed by atoms with E-state index in [0.717, 1.165) is 0 Å². The number of carbonyl (C=O) groups is 1. The van der Waals surface area contributed by atoms with E-state index in [0.29, 0.717) is 0 Å². The fourth-order valence-corrected chi connectivity index (χ4v) is 1.01. The third kappa shape index (κ3) is 6.67. The number of rotatable bonds is 5. The summed E-state index contributed by atoms with van der Waals surface area (Å²) in [5.41, 5.74) is 0. The molecule has 0 spiro atoms. The molecule has 4 heteroatoms. The molecule has 0 rings (SSSR count). The Hall–Kier alpha value is -0.470. The molecule has 0 saturated carbocycles. The van der Waals surface area contributed by atoms with Crippen LogP contribution in [-0.2, 0) is 9.53 Å². The molecule has 0 amide bonds. The molecular weight excluding hydrogens is 211 g/mol. The first kappa shape index (κ1) is 12.5. The Balaban J connectivity index is 3.85. The van der Waals surface area contributed by atoms with Gasteiger partial charge in [-0.1, -0.05) is 18.2 Å². The van der Waals surface area contributed by atoms with Crippen molar-refractivity contribution in [2.75, 3.05) is 11.8 Å². The van der Waals surface area contributed by atoms with Gasteiger partial charge in [-0.05, 0) is 6.92 Å². The van der Waals surface area contributed by atoms with Gasteiger partial charge in [0.25, 0.3) is 0 Å². The smallest absolute Gasteiger partial charge is 0.331 e. The van der Waals surface area contributed by atoms with Crippen LogP contribution in [0, 0.1) is 0 Å². The second kappa shape index (κ2) is 8.14. The first-order valence-electron chi connectivity index (χ1n) is 3.86. The van der Waals surface area contributed by atoms with Crippen LogP contribution < -0.4 is 0 Å². The van der Waals surface area contributed by atoms with E-state index in [1.54, 1.807) is 12.2 Å². The monoisotopic (exact) mass is 222 g/mol. The molecule has 0 heterocycles. The number of halogens is 2. The standard InChI is InChI=1S/C9H12Cl2O2/c1-2-3-4-5-9(12)13-8(6-10)7-11/h2-5,8H,6-7H2,1H3/b3-2+,5-4+. The van der Waals surface area contributed by atoms with Gasteiger partial charge in [0.05, 0.1) is 11.8 Å². The Labute approximate surface area is 88.2 Å². The summed E-state index contributed by atoms with van der Waals surface area (Å²) >= 11 is 10.9. The summed E-state index contributed by atoms with van der Waals surface area (Å²) in [6.45, 7) is 1.86. The molecule has 0 aromatic heterocycles. The van der Waals surface area contributed by atoms with Crippen LogP contribution in [0.3, 0.4) is 0 Å². The highest BCUT2D eigenvalue weighted by atomic mass is 35.5. The van der Waals surface area contributed by atoms with Crippen molar-refractivity contribution in [1.82, 2.24) is 0 Å². The number of allylic oxidation sites excluding steroid dienone is 3. The van der Waals surface area contributed by atoms with Gasteiger partial charge in [-0.15, -0.1) is 23.2 Å². The van der Waals surface area contributed by atoms with Gasteiger partial charge in [0.2, 0.25) is 0 Å². The molecule has 13 heavy (non-hydrogen) atoms. The van der Waals surface area contributed by atoms with Gasteiger partial charge in [0, 0.05) is 6.08 Å². The molecule has 0 N–H and O–H groups in total. The first-order valence-corrected chi connectivity index (χ1v) is 4.93. The van der Waals surface area contributed by atoms with Crippen LogP contribution in [0.5, 0.6) is 0 Å². The summed E-state index contributed by atoms with van der Waals surface area (Å²) in [6.07, 6.45) is 6.06. The summed E-state index contributed by atoms with van der Waals surface area (Å²) in [5, 5.41) is 0. The maximum atomic E-state index is 11.0. The quantitative estimate of drug-likeness (QED) is 0.310. The molecule has 0 fully saturated rings. The van der Waals surface area contributed by atoms with Gasteiger partial charge < -0.3 is 4.74 Å². The van der Waals surface area contributed by atoms with Gasteiger partial charge in [0.1, 0.15) is 6.10 Å². The number of ether oxygens (including phenoxy) is 1. The second-order valence-corrected chi connectivity index (χ2v) is 2.87. The Morgan fingerprint density at radius 1 is 1.38 bits per heavy atom. The number of hydrogen-bond donors (Lipinski definition) is 0. The summed E-state index contributed by atoms with van der Waals surface area (Å²) in [4.78, 5) is 11.0. The maximum absolute atomic E-state index is 11.0. The second-order valence-electron chi connectivity index (χ2n) is 2.25. The predicted molar refractivity (Wildman–Crippen MR) is 55.3 cm³/mol. The van der Waals surface area contributed by atoms with E-state index in [1.807, 2.05) is 13.0 Å². The molecule has 74 valence electrons. The van der Waals surface area contributed by atoms with Gasteiger partial charge in [-0.25, -0.2) is 4.79 Å². The summed E-state index contributed by atoms with van der Waals surface area (Å²) in [7, 11) is 0. The lowest BCUT2D eigenvalue weighted by Gasteiger charge is -2.09. The van der Waals surface area contributed by atoms with E-state index in [-0.39, 0.29) is 11.8 Å². The molecule has 0 aromatic rings. The largest absolute Gasteiger partial charge is 0.457 e. The van der Waals surface area contributed by atoms with Crippen molar-refractivity contribution >= 4 is 29.2 Å². The highest BCUT2D eigenvalue weighted by Gasteiger charge is 2.08. The van der Waals surface area contributed by atoms with E-state index >= 15 is 0 Å². The Kier molecular flexibility index (Phi) is 7.85. The van der Waals surface area contributed by atoms with E-state index in [2.05, 4.69) is 0 Å². The number of carbonyl (C=O) groups excluding carboxylic acids is 1. The predicted octanol–water partition coefficient (Wildman–Crippen LogP) is 2.51. The van der Waals surface area contributed by atoms with Gasteiger partial charge in [-0.2, -0.15) is 0 Å². The van der Waals surface area contributed by atoms with E-state index in [1.165, 1.54) is 6.08 Å². The molecule has 0 aliphatic heterocycles. The first-order chi connectivity index (χ1) is 6.24. The van der Waals surface area contributed by atoms with Crippen molar-refractivity contribution in [3.8, 4) is 0 Å². The van der Waals surface area contributed by atoms with Crippen LogP contribution in [0.25, 0.3) is 0 Å². The molecule has 0 saturated heterocycles. The van der Waals surface area contributed by atoms with E-state index < -0.39 is 12.1 Å². The lowest BCUT2D eigenvalue weighted by atomic mass is 10.4. The van der Waals surface area contributed by atoms with Crippen LogP contribution in [0.15, 0.2) is 24.3 Å². The Morgan fingerprint density at radius 2 is 2.00 bits per heavy atom. The SMILES string of the molecule is C/C=C/C=C/C(=O)OC(CCl)CCl. The molecule has 0 unspecified atom stereocenters. The van der Waals surface area contributed by atoms with Crippen molar-refractivity contribution in [3.05, 3.63) is 24.3 Å². The number of hydrogen-bond acceptors (Lipinski definition) is 2. The zero-order chi connectivity index (χ0) is 10.1. The normalized spacial score (nSPS) is 11.7. The molecule has 0 radical (unpaired) electrons. The zero-order valence-electron chi connectivity index (χ0n) is 7.37. The fourth-order valence-electron chi connectivity index (χ4n) is 0.553. The molecule has 0 atom stereocenters. The molecular formula is C9H12Cl2O2. The Bertz CT molecular complexity index is 196. The third-order valence-electron chi connectivity index (χ3n) is 1.16. The third-order valence-corrected chi connectivity index (χ3v) is 1.85. The van der Waals surface area contributed by atoms with Gasteiger partial charge in [-0.3, -0.25) is 0 Å². The van der Waals surface area contributed by atoms with Crippen molar-refractivity contribution in [2.45, 2.75) is 13.0 Å². The van der Waals surface area contributed by atoms with Gasteiger partial charge >= 0.3 is 5.97 Å². The maximum Gasteiger partial charge on any atom is 0.331 e. The lowest BCUT2D eigenvalue weighted by Crippen LogP contribution is -2.19. The van der Waals surface area contributed by atoms with Crippen LogP contribution in [0.4, 0.5) is 0 Å². The van der Waals surface area contributed by atoms with E-state index in [4.69, 9.17) is 27.9 Å². The van der Waals surface area contributed by atoms with E-state index in [9.17, 15) is 4.79 Å².